The molecule has 1 saturated heterocycles. The highest BCUT2D eigenvalue weighted by Crippen LogP contribution is 2.32. The molecule has 4 aromatic rings. The van der Waals surface area contributed by atoms with Gasteiger partial charge in [-0.25, -0.2) is 14.2 Å². The lowest BCUT2D eigenvalue weighted by Crippen LogP contribution is -2.33. The van der Waals surface area contributed by atoms with Crippen molar-refractivity contribution in [2.75, 3.05) is 12.3 Å². The first-order chi connectivity index (χ1) is 15.4. The van der Waals surface area contributed by atoms with Crippen molar-refractivity contribution in [2.45, 2.75) is 39.0 Å². The number of nitrogens with one attached hydrogen (secondary N) is 2. The number of rotatable bonds is 4. The Bertz CT molecular complexity index is 1340. The zero-order valence-corrected chi connectivity index (χ0v) is 18.0. The number of nitrogens with zero attached hydrogens (tertiary/aromatic N) is 4. The van der Waals surface area contributed by atoms with Crippen molar-refractivity contribution in [2.24, 2.45) is 0 Å². The number of anilines is 1. The summed E-state index contributed by atoms with van der Waals surface area (Å²) in [7, 11) is 0. The standard InChI is InChI=1S/C23H24FN7O/c1-13-8-16(9-14(2)27-13)19-20(15-6-4-3-5-7-15)28-22(25)31-21(19)29-30(23(31)32)12-18-10-17(24)11-26-18/h3-9,17-18,26H,10-12H2,1-2H3,(H2,25,28)/p+1/t17-,18+/m0/s1. The van der Waals surface area contributed by atoms with E-state index in [1.54, 1.807) is 0 Å². The average Bonchev–Trinajstić information content (AvgIpc) is 3.31. The van der Waals surface area contributed by atoms with Crippen LogP contribution in [0.1, 0.15) is 17.8 Å². The van der Waals surface area contributed by atoms with E-state index in [0.717, 1.165) is 33.8 Å². The summed E-state index contributed by atoms with van der Waals surface area (Å²) in [5.74, 6) is 0.184. The third kappa shape index (κ3) is 3.54. The Morgan fingerprint density at radius 1 is 1.19 bits per heavy atom. The van der Waals surface area contributed by atoms with Crippen molar-refractivity contribution < 1.29 is 9.37 Å². The number of alkyl halides is 1. The van der Waals surface area contributed by atoms with E-state index >= 15 is 0 Å². The number of aromatic amines is 1. The second-order valence-electron chi connectivity index (χ2n) is 8.33. The van der Waals surface area contributed by atoms with E-state index in [2.05, 4.69) is 20.4 Å². The van der Waals surface area contributed by atoms with Gasteiger partial charge in [-0.3, -0.25) is 10.7 Å². The van der Waals surface area contributed by atoms with E-state index in [4.69, 9.17) is 5.73 Å². The molecule has 3 aromatic heterocycles. The predicted molar refractivity (Wildman–Crippen MR) is 120 cm³/mol. The van der Waals surface area contributed by atoms with Gasteiger partial charge in [0.2, 0.25) is 5.65 Å². The van der Waals surface area contributed by atoms with Crippen LogP contribution in [0.2, 0.25) is 0 Å². The molecule has 1 aromatic carbocycles. The first kappa shape index (κ1) is 20.3. The van der Waals surface area contributed by atoms with Gasteiger partial charge in [-0.05, 0) is 38.0 Å². The van der Waals surface area contributed by atoms with E-state index in [1.165, 1.54) is 9.08 Å². The van der Waals surface area contributed by atoms with Crippen LogP contribution in [0.15, 0.2) is 47.3 Å². The number of benzene rings is 1. The van der Waals surface area contributed by atoms with Crippen molar-refractivity contribution in [3.63, 3.8) is 0 Å². The molecule has 0 unspecified atom stereocenters. The zero-order chi connectivity index (χ0) is 22.4. The molecule has 164 valence electrons. The highest BCUT2D eigenvalue weighted by Gasteiger charge is 2.29. The Balaban J connectivity index is 1.78. The van der Waals surface area contributed by atoms with Gasteiger partial charge in [0, 0.05) is 29.5 Å². The summed E-state index contributed by atoms with van der Waals surface area (Å²) in [5.41, 5.74) is 11.5. The number of hydrogen-bond donors (Lipinski definition) is 2. The largest absolute Gasteiger partial charge is 0.411 e. The van der Waals surface area contributed by atoms with Gasteiger partial charge in [-0.1, -0.05) is 30.3 Å². The monoisotopic (exact) mass is 434 g/mol. The molecule has 0 radical (unpaired) electrons. The normalized spacial score (nSPS) is 18.5. The van der Waals surface area contributed by atoms with Crippen LogP contribution in [0.4, 0.5) is 10.3 Å². The molecular formula is C23H25FN7O+. The lowest BCUT2D eigenvalue weighted by atomic mass is 9.99. The smallest absolute Gasteiger partial charge is 0.309 e. The predicted octanol–water partition coefficient (Wildman–Crippen LogP) is 1.94. The number of nitrogens with two attached hydrogens (primary N) is 1. The first-order valence-corrected chi connectivity index (χ1v) is 10.6. The van der Waals surface area contributed by atoms with E-state index in [-0.39, 0.29) is 24.2 Å². The van der Waals surface area contributed by atoms with E-state index in [9.17, 15) is 9.18 Å². The van der Waals surface area contributed by atoms with Crippen molar-refractivity contribution in [3.8, 4) is 22.4 Å². The number of pyridine rings is 1. The number of nitrogen functional groups attached to an aromatic ring is 1. The quantitative estimate of drug-likeness (QED) is 0.511. The van der Waals surface area contributed by atoms with Crippen molar-refractivity contribution in [1.29, 1.82) is 0 Å². The third-order valence-electron chi connectivity index (χ3n) is 5.80. The molecular weight excluding hydrogens is 409 g/mol. The number of H-pyrrole nitrogens is 1. The number of fused-ring (bicyclic) bond motifs is 1. The minimum atomic E-state index is -0.908. The first-order valence-electron chi connectivity index (χ1n) is 10.6. The van der Waals surface area contributed by atoms with Crippen LogP contribution in [0.3, 0.4) is 0 Å². The van der Waals surface area contributed by atoms with E-state index < -0.39 is 6.17 Å². The second-order valence-corrected chi connectivity index (χ2v) is 8.33. The van der Waals surface area contributed by atoms with Gasteiger partial charge in [-0.15, -0.1) is 9.50 Å². The Kier molecular flexibility index (Phi) is 4.97. The van der Waals surface area contributed by atoms with Crippen molar-refractivity contribution in [1.82, 2.24) is 24.5 Å². The maximum atomic E-state index is 13.6. The van der Waals surface area contributed by atoms with Gasteiger partial charge in [0.1, 0.15) is 11.9 Å². The third-order valence-corrected chi connectivity index (χ3v) is 5.80. The Morgan fingerprint density at radius 2 is 1.91 bits per heavy atom. The minimum absolute atomic E-state index is 0.153. The lowest BCUT2D eigenvalue weighted by molar-refractivity contribution is -0.351. The molecule has 9 heteroatoms. The molecule has 1 aliphatic heterocycles. The second kappa shape index (κ2) is 7.83. The Morgan fingerprint density at radius 3 is 2.56 bits per heavy atom. The van der Waals surface area contributed by atoms with Gasteiger partial charge in [0.25, 0.3) is 0 Å². The number of hydrogen-bond acceptors (Lipinski definition) is 5. The maximum Gasteiger partial charge on any atom is 0.411 e. The fourth-order valence-electron chi connectivity index (χ4n) is 4.46. The summed E-state index contributed by atoms with van der Waals surface area (Å²) in [6.07, 6.45) is -0.554. The van der Waals surface area contributed by atoms with Crippen molar-refractivity contribution >= 4 is 11.6 Å². The molecule has 0 bridgehead atoms. The van der Waals surface area contributed by atoms with Crippen LogP contribution in [-0.4, -0.2) is 37.9 Å². The van der Waals surface area contributed by atoms with Crippen LogP contribution < -0.4 is 21.7 Å². The fourth-order valence-corrected chi connectivity index (χ4v) is 4.46. The van der Waals surface area contributed by atoms with Gasteiger partial charge in [-0.2, -0.15) is 4.68 Å². The van der Waals surface area contributed by atoms with E-state index in [1.807, 2.05) is 56.3 Å². The van der Waals surface area contributed by atoms with Crippen LogP contribution >= 0.6 is 0 Å². The van der Waals surface area contributed by atoms with Gasteiger partial charge >= 0.3 is 11.6 Å². The molecule has 0 spiro atoms. The van der Waals surface area contributed by atoms with E-state index in [0.29, 0.717) is 18.6 Å². The Hall–Kier alpha value is -3.59. The molecule has 0 aliphatic carbocycles. The molecule has 8 nitrogen and oxygen atoms in total. The number of aromatic nitrogens is 5. The van der Waals surface area contributed by atoms with Gasteiger partial charge in [0.15, 0.2) is 0 Å². The molecule has 0 saturated carbocycles. The molecule has 4 N–H and O–H groups in total. The molecule has 2 atom stereocenters. The molecule has 1 fully saturated rings. The van der Waals surface area contributed by atoms with Crippen LogP contribution in [0, 0.1) is 13.8 Å². The van der Waals surface area contributed by atoms with Crippen LogP contribution in [-0.2, 0) is 6.54 Å². The van der Waals surface area contributed by atoms with Gasteiger partial charge in [0.05, 0.1) is 12.1 Å². The molecule has 5 rings (SSSR count). The Labute approximate surface area is 183 Å². The molecule has 1 aliphatic rings. The SMILES string of the molecule is Cc1cc(-c2c(-c3ccccc3)[nH+]c(N)n3c(=O)n(C[C@H]4C[C@H](F)CN4)nc23)cc(C)n1. The minimum Gasteiger partial charge on any atom is -0.309 e. The molecule has 32 heavy (non-hydrogen) atoms. The van der Waals surface area contributed by atoms with Crippen LogP contribution in [0.25, 0.3) is 28.0 Å². The van der Waals surface area contributed by atoms with Crippen molar-refractivity contribution in [3.05, 3.63) is 64.3 Å². The summed E-state index contributed by atoms with van der Waals surface area (Å²) in [6.45, 7) is 4.43. The molecule has 4 heterocycles. The van der Waals surface area contributed by atoms with Gasteiger partial charge < -0.3 is 5.32 Å². The number of halogens is 1. The lowest BCUT2D eigenvalue weighted by Gasteiger charge is -2.10. The summed E-state index contributed by atoms with van der Waals surface area (Å²) in [4.78, 5) is 20.9. The number of aryl methyl sites for hydroxylation is 2. The van der Waals surface area contributed by atoms with Crippen LogP contribution in [0.5, 0.6) is 0 Å². The molecule has 0 amide bonds. The topological polar surface area (TPSA) is 104 Å². The summed E-state index contributed by atoms with van der Waals surface area (Å²) < 4.78 is 16.4. The summed E-state index contributed by atoms with van der Waals surface area (Å²) in [5, 5.41) is 7.78. The fraction of sp³-hybridized carbons (Fsp3) is 0.304. The average molecular weight is 434 g/mol. The zero-order valence-electron chi connectivity index (χ0n) is 18.0. The highest BCUT2D eigenvalue weighted by atomic mass is 19.1. The highest BCUT2D eigenvalue weighted by molar-refractivity contribution is 5.88. The maximum absolute atomic E-state index is 13.6. The summed E-state index contributed by atoms with van der Waals surface area (Å²) in [6, 6.07) is 13.6. The summed E-state index contributed by atoms with van der Waals surface area (Å²) >= 11 is 0.